The Balaban J connectivity index is 1.83. The minimum Gasteiger partial charge on any atom is -0.496 e. The molecule has 3 rings (SSSR count). The van der Waals surface area contributed by atoms with E-state index in [0.29, 0.717) is 17.9 Å². The summed E-state index contributed by atoms with van der Waals surface area (Å²) in [5.41, 5.74) is 1.57. The van der Waals surface area contributed by atoms with Crippen LogP contribution in [0.5, 0.6) is 11.5 Å². The molecule has 1 aliphatic rings. The van der Waals surface area contributed by atoms with Gasteiger partial charge in [0.25, 0.3) is 5.91 Å². The van der Waals surface area contributed by atoms with E-state index >= 15 is 0 Å². The Morgan fingerprint density at radius 1 is 1.30 bits per heavy atom. The molecule has 0 saturated carbocycles. The van der Waals surface area contributed by atoms with Crippen LogP contribution in [-0.4, -0.2) is 25.9 Å². The first-order chi connectivity index (χ1) is 11.2. The fraction of sp³-hybridized carbons (Fsp3) is 0.278. The lowest BCUT2D eigenvalue weighted by atomic mass is 10.00. The average molecular weight is 329 g/mol. The zero-order valence-corrected chi connectivity index (χ0v) is 14.0. The Hall–Kier alpha value is -2.14. The summed E-state index contributed by atoms with van der Waals surface area (Å²) >= 11 is 1.62. The van der Waals surface area contributed by atoms with Gasteiger partial charge in [-0.25, -0.2) is 0 Å². The van der Waals surface area contributed by atoms with Crippen molar-refractivity contribution < 1.29 is 14.3 Å². The number of carbonyl (C=O) groups excluding carboxylic acids is 1. The van der Waals surface area contributed by atoms with Crippen molar-refractivity contribution in [2.75, 3.05) is 20.0 Å². The van der Waals surface area contributed by atoms with E-state index in [1.54, 1.807) is 18.9 Å². The zero-order valence-electron chi connectivity index (χ0n) is 13.2. The van der Waals surface area contributed by atoms with E-state index in [1.165, 1.54) is 0 Å². The van der Waals surface area contributed by atoms with Crippen molar-refractivity contribution >= 4 is 17.7 Å². The number of amides is 1. The second-order valence-corrected chi connectivity index (χ2v) is 6.15. The number of carbonyl (C=O) groups is 1. The molecule has 23 heavy (non-hydrogen) atoms. The van der Waals surface area contributed by atoms with Gasteiger partial charge >= 0.3 is 0 Å². The molecule has 1 N–H and O–H groups in total. The standard InChI is InChI=1S/C18H19NO3S/c1-21-17-11-12(23-2)7-8-14(17)18(20)19-15-9-10-22-16-6-4-3-5-13(15)16/h3-8,11,15H,9-10H2,1-2H3,(H,19,20)/t15-/m0/s1. The van der Waals surface area contributed by atoms with Crippen LogP contribution in [-0.2, 0) is 0 Å². The minimum atomic E-state index is -0.129. The highest BCUT2D eigenvalue weighted by atomic mass is 32.2. The Bertz CT molecular complexity index is 717. The van der Waals surface area contributed by atoms with Gasteiger partial charge in [0.05, 0.1) is 25.3 Å². The van der Waals surface area contributed by atoms with Gasteiger partial charge in [0.1, 0.15) is 11.5 Å². The van der Waals surface area contributed by atoms with Gasteiger partial charge in [-0.15, -0.1) is 11.8 Å². The van der Waals surface area contributed by atoms with Crippen molar-refractivity contribution in [3.05, 3.63) is 53.6 Å². The molecule has 1 atom stereocenters. The highest BCUT2D eigenvalue weighted by Gasteiger charge is 2.24. The molecule has 0 radical (unpaired) electrons. The molecule has 0 aliphatic carbocycles. The van der Waals surface area contributed by atoms with Crippen LogP contribution in [0.2, 0.25) is 0 Å². The van der Waals surface area contributed by atoms with Crippen LogP contribution in [0.3, 0.4) is 0 Å². The topological polar surface area (TPSA) is 47.6 Å². The molecule has 1 amide bonds. The van der Waals surface area contributed by atoms with Gasteiger partial charge in [0.15, 0.2) is 0 Å². The van der Waals surface area contributed by atoms with Crippen LogP contribution >= 0.6 is 11.8 Å². The molecule has 0 aromatic heterocycles. The number of nitrogens with one attached hydrogen (secondary N) is 1. The molecule has 4 nitrogen and oxygen atoms in total. The molecule has 2 aromatic rings. The highest BCUT2D eigenvalue weighted by molar-refractivity contribution is 7.98. The van der Waals surface area contributed by atoms with Gasteiger partial charge in [0.2, 0.25) is 0 Å². The predicted octanol–water partition coefficient (Wildman–Crippen LogP) is 3.67. The zero-order chi connectivity index (χ0) is 16.2. The molecule has 0 unspecified atom stereocenters. The van der Waals surface area contributed by atoms with Gasteiger partial charge in [-0.2, -0.15) is 0 Å². The fourth-order valence-electron chi connectivity index (χ4n) is 2.71. The van der Waals surface area contributed by atoms with E-state index in [0.717, 1.165) is 22.6 Å². The number of rotatable bonds is 4. The molecule has 5 heteroatoms. The number of para-hydroxylation sites is 1. The summed E-state index contributed by atoms with van der Waals surface area (Å²) in [6.45, 7) is 0.602. The van der Waals surface area contributed by atoms with Crippen LogP contribution in [0.1, 0.15) is 28.4 Å². The summed E-state index contributed by atoms with van der Waals surface area (Å²) in [5.74, 6) is 1.31. The molecule has 0 saturated heterocycles. The molecule has 0 spiro atoms. The van der Waals surface area contributed by atoms with Crippen molar-refractivity contribution in [1.82, 2.24) is 5.32 Å². The second kappa shape index (κ2) is 6.96. The first-order valence-electron chi connectivity index (χ1n) is 7.47. The van der Waals surface area contributed by atoms with E-state index < -0.39 is 0 Å². The van der Waals surface area contributed by atoms with Crippen LogP contribution in [0, 0.1) is 0 Å². The maximum atomic E-state index is 12.7. The lowest BCUT2D eigenvalue weighted by Gasteiger charge is -2.26. The average Bonchev–Trinajstić information content (AvgIpc) is 2.61. The molecule has 0 bridgehead atoms. The van der Waals surface area contributed by atoms with E-state index in [9.17, 15) is 4.79 Å². The number of ether oxygens (including phenoxy) is 2. The first-order valence-corrected chi connectivity index (χ1v) is 8.70. The number of benzene rings is 2. The largest absolute Gasteiger partial charge is 0.496 e. The van der Waals surface area contributed by atoms with E-state index in [-0.39, 0.29) is 11.9 Å². The molecule has 0 fully saturated rings. The number of hydrogen-bond donors (Lipinski definition) is 1. The number of thioether (sulfide) groups is 1. The van der Waals surface area contributed by atoms with Crippen molar-refractivity contribution in [3.8, 4) is 11.5 Å². The number of hydrogen-bond acceptors (Lipinski definition) is 4. The van der Waals surface area contributed by atoms with Gasteiger partial charge in [0, 0.05) is 16.9 Å². The molecule has 1 aliphatic heterocycles. The van der Waals surface area contributed by atoms with Crippen molar-refractivity contribution in [2.24, 2.45) is 0 Å². The maximum Gasteiger partial charge on any atom is 0.255 e. The summed E-state index contributed by atoms with van der Waals surface area (Å²) in [4.78, 5) is 13.7. The highest BCUT2D eigenvalue weighted by Crippen LogP contribution is 2.32. The predicted molar refractivity (Wildman–Crippen MR) is 91.5 cm³/mol. The molecule has 1 heterocycles. The quantitative estimate of drug-likeness (QED) is 0.870. The lowest BCUT2D eigenvalue weighted by molar-refractivity contribution is 0.0921. The lowest BCUT2D eigenvalue weighted by Crippen LogP contribution is -2.32. The first kappa shape index (κ1) is 15.7. The van der Waals surface area contributed by atoms with Crippen molar-refractivity contribution in [2.45, 2.75) is 17.4 Å². The Morgan fingerprint density at radius 2 is 2.13 bits per heavy atom. The van der Waals surface area contributed by atoms with E-state index in [4.69, 9.17) is 9.47 Å². The summed E-state index contributed by atoms with van der Waals surface area (Å²) < 4.78 is 11.0. The van der Waals surface area contributed by atoms with Gasteiger partial charge < -0.3 is 14.8 Å². The van der Waals surface area contributed by atoms with Crippen LogP contribution < -0.4 is 14.8 Å². The monoisotopic (exact) mass is 329 g/mol. The van der Waals surface area contributed by atoms with Crippen LogP contribution in [0.15, 0.2) is 47.4 Å². The van der Waals surface area contributed by atoms with E-state index in [2.05, 4.69) is 5.32 Å². The number of fused-ring (bicyclic) bond motifs is 1. The van der Waals surface area contributed by atoms with Gasteiger partial charge in [-0.05, 0) is 30.5 Å². The Morgan fingerprint density at radius 3 is 2.91 bits per heavy atom. The summed E-state index contributed by atoms with van der Waals surface area (Å²) in [7, 11) is 1.58. The van der Waals surface area contributed by atoms with Gasteiger partial charge in [-0.1, -0.05) is 18.2 Å². The summed E-state index contributed by atoms with van der Waals surface area (Å²) in [6, 6.07) is 13.4. The third-order valence-corrected chi connectivity index (χ3v) is 4.64. The van der Waals surface area contributed by atoms with Crippen molar-refractivity contribution in [1.29, 1.82) is 0 Å². The maximum absolute atomic E-state index is 12.7. The molecule has 2 aromatic carbocycles. The third kappa shape index (κ3) is 3.29. The van der Waals surface area contributed by atoms with Gasteiger partial charge in [-0.3, -0.25) is 4.79 Å². The van der Waals surface area contributed by atoms with E-state index in [1.807, 2.05) is 48.7 Å². The smallest absolute Gasteiger partial charge is 0.255 e. The number of methoxy groups -OCH3 is 1. The normalized spacial score (nSPS) is 16.2. The molecule has 120 valence electrons. The van der Waals surface area contributed by atoms with Crippen LogP contribution in [0.25, 0.3) is 0 Å². The Kier molecular flexibility index (Phi) is 4.76. The fourth-order valence-corrected chi connectivity index (χ4v) is 3.14. The summed E-state index contributed by atoms with van der Waals surface area (Å²) in [5, 5.41) is 3.10. The summed E-state index contributed by atoms with van der Waals surface area (Å²) in [6.07, 6.45) is 2.75. The Labute approximate surface area is 140 Å². The van der Waals surface area contributed by atoms with Crippen molar-refractivity contribution in [3.63, 3.8) is 0 Å². The second-order valence-electron chi connectivity index (χ2n) is 5.27. The molecular weight excluding hydrogens is 310 g/mol. The molecular formula is C18H19NO3S. The third-order valence-electron chi connectivity index (χ3n) is 3.92. The van der Waals surface area contributed by atoms with Crippen LogP contribution in [0.4, 0.5) is 0 Å². The SMILES string of the molecule is COc1cc(SC)ccc1C(=O)N[C@H]1CCOc2ccccc21. The minimum absolute atomic E-state index is 0.0441.